The number of nitrogens with one attached hydrogen (secondary N) is 1. The Hall–Kier alpha value is -3.52. The van der Waals surface area contributed by atoms with Gasteiger partial charge < -0.3 is 14.7 Å². The molecule has 6 nitrogen and oxygen atoms in total. The van der Waals surface area contributed by atoms with Crippen molar-refractivity contribution in [1.29, 1.82) is 0 Å². The van der Waals surface area contributed by atoms with Crippen molar-refractivity contribution in [3.05, 3.63) is 87.1 Å². The van der Waals surface area contributed by atoms with Gasteiger partial charge in [0.15, 0.2) is 0 Å². The number of nitrogens with zero attached hydrogens (tertiary/aromatic N) is 2. The molecule has 0 aliphatic carbocycles. The van der Waals surface area contributed by atoms with E-state index in [1.54, 1.807) is 12.1 Å². The molecule has 0 spiro atoms. The molecule has 0 bridgehead atoms. The van der Waals surface area contributed by atoms with E-state index in [0.717, 1.165) is 12.1 Å². The van der Waals surface area contributed by atoms with Crippen molar-refractivity contribution in [3.63, 3.8) is 0 Å². The van der Waals surface area contributed by atoms with Gasteiger partial charge in [0.05, 0.1) is 23.1 Å². The van der Waals surface area contributed by atoms with Crippen LogP contribution in [0, 0.1) is 11.6 Å². The van der Waals surface area contributed by atoms with E-state index in [4.69, 9.17) is 11.6 Å². The number of fused-ring (bicyclic) bond motifs is 1. The van der Waals surface area contributed by atoms with Gasteiger partial charge in [-0.1, -0.05) is 17.7 Å². The highest BCUT2D eigenvalue weighted by Crippen LogP contribution is 2.34. The maximum absolute atomic E-state index is 14.2. The average Bonchev–Trinajstić information content (AvgIpc) is 2.98. The second-order valence-electron chi connectivity index (χ2n) is 6.27. The number of benzene rings is 1. The van der Waals surface area contributed by atoms with Crippen LogP contribution in [0.5, 0.6) is 0 Å². The summed E-state index contributed by atoms with van der Waals surface area (Å²) >= 11 is 6.01. The summed E-state index contributed by atoms with van der Waals surface area (Å²) in [4.78, 5) is 31.2. The van der Waals surface area contributed by atoms with Crippen LogP contribution in [0.3, 0.4) is 0 Å². The van der Waals surface area contributed by atoms with Crippen LogP contribution < -0.4 is 5.56 Å². The van der Waals surface area contributed by atoms with E-state index in [1.165, 1.54) is 29.0 Å². The Morgan fingerprint density at radius 2 is 2.00 bits per heavy atom. The first-order chi connectivity index (χ1) is 13.9. The van der Waals surface area contributed by atoms with E-state index in [2.05, 4.69) is 9.97 Å². The van der Waals surface area contributed by atoms with Crippen LogP contribution in [0.25, 0.3) is 22.2 Å². The third-order valence-corrected chi connectivity index (χ3v) is 4.72. The smallest absolute Gasteiger partial charge is 0.353 e. The summed E-state index contributed by atoms with van der Waals surface area (Å²) in [7, 11) is 0. The van der Waals surface area contributed by atoms with E-state index in [-0.39, 0.29) is 39.6 Å². The van der Waals surface area contributed by atoms with Gasteiger partial charge in [0, 0.05) is 23.4 Å². The number of aromatic carboxylic acids is 1. The summed E-state index contributed by atoms with van der Waals surface area (Å²) in [5.74, 6) is -2.89. The Labute approximate surface area is 167 Å². The summed E-state index contributed by atoms with van der Waals surface area (Å²) in [6.45, 7) is -0.210. The van der Waals surface area contributed by atoms with Gasteiger partial charge in [-0.2, -0.15) is 0 Å². The van der Waals surface area contributed by atoms with Crippen LogP contribution in [0.4, 0.5) is 8.78 Å². The number of hydrogen-bond donors (Lipinski definition) is 2. The van der Waals surface area contributed by atoms with Crippen LogP contribution in [0.1, 0.15) is 16.1 Å². The second kappa shape index (κ2) is 7.14. The monoisotopic (exact) mass is 415 g/mol. The van der Waals surface area contributed by atoms with Crippen LogP contribution >= 0.6 is 11.6 Å². The Bertz CT molecular complexity index is 1330. The molecule has 0 amide bonds. The minimum absolute atomic E-state index is 0.0689. The molecule has 0 saturated carbocycles. The minimum atomic E-state index is -1.33. The fraction of sp³-hybridized carbons (Fsp3) is 0.0500. The van der Waals surface area contributed by atoms with Gasteiger partial charge >= 0.3 is 5.97 Å². The number of carboxylic acids is 1. The molecule has 9 heteroatoms. The number of hydrogen-bond acceptors (Lipinski definition) is 3. The lowest BCUT2D eigenvalue weighted by molar-refractivity contribution is 0.0687. The van der Waals surface area contributed by atoms with E-state index in [0.29, 0.717) is 5.52 Å². The number of carboxylic acid groups (broad SMARTS) is 1. The topological polar surface area (TPSA) is 88.0 Å². The highest BCUT2D eigenvalue weighted by molar-refractivity contribution is 6.30. The predicted octanol–water partition coefficient (Wildman–Crippen LogP) is 4.07. The molecule has 146 valence electrons. The third-order valence-electron chi connectivity index (χ3n) is 4.51. The normalized spacial score (nSPS) is 11.1. The Kier molecular flexibility index (Phi) is 4.63. The van der Waals surface area contributed by atoms with Crippen LogP contribution in [0.2, 0.25) is 5.15 Å². The Morgan fingerprint density at radius 1 is 1.21 bits per heavy atom. The zero-order valence-electron chi connectivity index (χ0n) is 14.6. The van der Waals surface area contributed by atoms with Crippen molar-refractivity contribution >= 4 is 28.6 Å². The molecule has 0 aliphatic heterocycles. The van der Waals surface area contributed by atoms with E-state index >= 15 is 0 Å². The maximum Gasteiger partial charge on any atom is 0.353 e. The number of pyridine rings is 2. The lowest BCUT2D eigenvalue weighted by Crippen LogP contribution is -2.14. The van der Waals surface area contributed by atoms with Crippen molar-refractivity contribution in [3.8, 4) is 11.1 Å². The first kappa shape index (κ1) is 18.8. The number of aromatic amines is 1. The molecule has 0 fully saturated rings. The zero-order chi connectivity index (χ0) is 20.7. The number of H-pyrrole nitrogens is 1. The van der Waals surface area contributed by atoms with Gasteiger partial charge in [0.1, 0.15) is 22.5 Å². The zero-order valence-corrected chi connectivity index (χ0v) is 15.4. The van der Waals surface area contributed by atoms with Crippen LogP contribution in [-0.2, 0) is 6.54 Å². The summed E-state index contributed by atoms with van der Waals surface area (Å²) in [6.07, 6.45) is 1.42. The maximum atomic E-state index is 14.2. The van der Waals surface area contributed by atoms with E-state index in [1.807, 2.05) is 0 Å². The van der Waals surface area contributed by atoms with E-state index < -0.39 is 23.2 Å². The fourth-order valence-electron chi connectivity index (χ4n) is 3.28. The molecule has 4 rings (SSSR count). The summed E-state index contributed by atoms with van der Waals surface area (Å²) < 4.78 is 28.8. The van der Waals surface area contributed by atoms with Crippen molar-refractivity contribution < 1.29 is 18.7 Å². The van der Waals surface area contributed by atoms with Crippen molar-refractivity contribution in [1.82, 2.24) is 14.5 Å². The van der Waals surface area contributed by atoms with Gasteiger partial charge in [-0.3, -0.25) is 4.79 Å². The molecule has 0 saturated heterocycles. The molecule has 0 unspecified atom stereocenters. The molecule has 4 aromatic rings. The SMILES string of the molecule is O=C(O)c1c(-c2ccc[nH]c2=O)c2nc(Cl)ccc2n1Cc1ccc(F)cc1F. The van der Waals surface area contributed by atoms with Gasteiger partial charge in [0.2, 0.25) is 0 Å². The molecule has 29 heavy (non-hydrogen) atoms. The fourth-order valence-corrected chi connectivity index (χ4v) is 3.43. The van der Waals surface area contributed by atoms with Gasteiger partial charge in [-0.15, -0.1) is 0 Å². The molecule has 1 aromatic carbocycles. The van der Waals surface area contributed by atoms with Gasteiger partial charge in [-0.05, 0) is 30.3 Å². The van der Waals surface area contributed by atoms with E-state index in [9.17, 15) is 23.5 Å². The molecule has 3 aromatic heterocycles. The molecular weight excluding hydrogens is 404 g/mol. The third kappa shape index (κ3) is 3.27. The second-order valence-corrected chi connectivity index (χ2v) is 6.65. The molecule has 3 heterocycles. The Morgan fingerprint density at radius 3 is 2.69 bits per heavy atom. The summed E-state index contributed by atoms with van der Waals surface area (Å²) in [5, 5.41) is 10.0. The van der Waals surface area contributed by atoms with Crippen LogP contribution in [0.15, 0.2) is 53.5 Å². The van der Waals surface area contributed by atoms with Gasteiger partial charge in [-0.25, -0.2) is 18.6 Å². The van der Waals surface area contributed by atoms with Gasteiger partial charge in [0.25, 0.3) is 5.56 Å². The molecule has 0 radical (unpaired) electrons. The molecule has 2 N–H and O–H groups in total. The quantitative estimate of drug-likeness (QED) is 0.492. The number of halogens is 3. The largest absolute Gasteiger partial charge is 0.477 e. The van der Waals surface area contributed by atoms with Crippen LogP contribution in [-0.4, -0.2) is 25.6 Å². The standard InChI is InChI=1S/C20H12ClF2N3O3/c21-15-6-5-14-17(25-15)16(12-2-1-7-24-19(12)27)18(20(28)29)26(14)9-10-3-4-11(22)8-13(10)23/h1-8H,9H2,(H,24,27)(H,28,29). The number of aromatic nitrogens is 3. The average molecular weight is 416 g/mol. The van der Waals surface area contributed by atoms with Crippen molar-refractivity contribution in [2.24, 2.45) is 0 Å². The molecule has 0 aliphatic rings. The number of carbonyl (C=O) groups is 1. The van der Waals surface area contributed by atoms with Crippen molar-refractivity contribution in [2.75, 3.05) is 0 Å². The predicted molar refractivity (Wildman–Crippen MR) is 103 cm³/mol. The highest BCUT2D eigenvalue weighted by Gasteiger charge is 2.27. The first-order valence-corrected chi connectivity index (χ1v) is 8.78. The van der Waals surface area contributed by atoms with Crippen molar-refractivity contribution in [2.45, 2.75) is 6.54 Å². The highest BCUT2D eigenvalue weighted by atomic mass is 35.5. The Balaban J connectivity index is 2.07. The number of rotatable bonds is 4. The lowest BCUT2D eigenvalue weighted by atomic mass is 10.1. The molecular formula is C20H12ClF2N3O3. The summed E-state index contributed by atoms with van der Waals surface area (Å²) in [5.41, 5.74) is -0.00138. The first-order valence-electron chi connectivity index (χ1n) is 8.41. The lowest BCUT2D eigenvalue weighted by Gasteiger charge is -2.10. The summed E-state index contributed by atoms with van der Waals surface area (Å²) in [6, 6.07) is 9.06. The molecule has 0 atom stereocenters. The minimum Gasteiger partial charge on any atom is -0.477 e.